The van der Waals surface area contributed by atoms with Crippen molar-refractivity contribution >= 4 is 22.7 Å². The fourth-order valence-corrected chi connectivity index (χ4v) is 1.61. The van der Waals surface area contributed by atoms with Gasteiger partial charge >= 0.3 is 0 Å². The summed E-state index contributed by atoms with van der Waals surface area (Å²) in [5.74, 6) is 0.273. The van der Waals surface area contributed by atoms with Gasteiger partial charge in [-0.15, -0.1) is 0 Å². The summed E-state index contributed by atoms with van der Waals surface area (Å²) in [7, 11) is 0. The quantitative estimate of drug-likeness (QED) is 0.869. The molecule has 0 aliphatic rings. The number of carbonyl (C=O) groups excluding carboxylic acids is 1. The topological polar surface area (TPSA) is 81.2 Å². The number of benzene rings is 1. The lowest BCUT2D eigenvalue weighted by Crippen LogP contribution is -2.34. The summed E-state index contributed by atoms with van der Waals surface area (Å²) in [6, 6.07) is 5.20. The molecule has 2 atom stereocenters. The lowest BCUT2D eigenvalue weighted by atomic mass is 10.0. The Bertz CT molecular complexity index is 575. The zero-order valence-electron chi connectivity index (χ0n) is 10.7. The Hall–Kier alpha value is -1.88. The van der Waals surface area contributed by atoms with E-state index in [2.05, 4.69) is 10.3 Å². The van der Waals surface area contributed by atoms with Gasteiger partial charge in [0.25, 0.3) is 0 Å². The van der Waals surface area contributed by atoms with Crippen LogP contribution in [0.4, 0.5) is 5.69 Å². The lowest BCUT2D eigenvalue weighted by Gasteiger charge is -2.15. The molecule has 0 aliphatic carbocycles. The van der Waals surface area contributed by atoms with Gasteiger partial charge in [-0.25, -0.2) is 4.98 Å². The van der Waals surface area contributed by atoms with Crippen LogP contribution in [-0.2, 0) is 4.79 Å². The molecule has 3 N–H and O–H groups in total. The first-order chi connectivity index (χ1) is 8.47. The van der Waals surface area contributed by atoms with Crippen molar-refractivity contribution in [3.63, 3.8) is 0 Å². The Morgan fingerprint density at radius 3 is 2.83 bits per heavy atom. The van der Waals surface area contributed by atoms with E-state index in [-0.39, 0.29) is 17.9 Å². The predicted molar refractivity (Wildman–Crippen MR) is 70.2 cm³/mol. The standard InChI is InChI=1S/C13H17N3O2/c1-7(8(2)14)13(17)16-10-4-5-11-12(6-10)18-9(3)15-11/h4-8H,14H2,1-3H3,(H,16,17). The van der Waals surface area contributed by atoms with Gasteiger partial charge in [0.2, 0.25) is 5.91 Å². The van der Waals surface area contributed by atoms with E-state index in [9.17, 15) is 4.79 Å². The number of aryl methyl sites for hydroxylation is 1. The van der Waals surface area contributed by atoms with Crippen molar-refractivity contribution in [2.75, 3.05) is 5.32 Å². The number of nitrogens with zero attached hydrogens (tertiary/aromatic N) is 1. The number of hydrogen-bond donors (Lipinski definition) is 2. The number of nitrogens with one attached hydrogen (secondary N) is 1. The number of aromatic nitrogens is 1. The number of carbonyl (C=O) groups is 1. The van der Waals surface area contributed by atoms with Gasteiger partial charge in [0.1, 0.15) is 5.52 Å². The summed E-state index contributed by atoms with van der Waals surface area (Å²) in [6.07, 6.45) is 0. The van der Waals surface area contributed by atoms with Crippen molar-refractivity contribution in [3.05, 3.63) is 24.1 Å². The highest BCUT2D eigenvalue weighted by atomic mass is 16.3. The van der Waals surface area contributed by atoms with Gasteiger partial charge in [0.05, 0.1) is 5.92 Å². The number of amides is 1. The summed E-state index contributed by atoms with van der Waals surface area (Å²) in [5.41, 5.74) is 7.83. The average Bonchev–Trinajstić information content (AvgIpc) is 2.67. The minimum absolute atomic E-state index is 0.0967. The van der Waals surface area contributed by atoms with Gasteiger partial charge < -0.3 is 15.5 Å². The maximum Gasteiger partial charge on any atom is 0.228 e. The normalized spacial score (nSPS) is 14.4. The molecule has 0 saturated heterocycles. The van der Waals surface area contributed by atoms with E-state index in [1.54, 1.807) is 26.0 Å². The average molecular weight is 247 g/mol. The van der Waals surface area contributed by atoms with Crippen LogP contribution in [0.2, 0.25) is 0 Å². The van der Waals surface area contributed by atoms with Crippen LogP contribution in [0.1, 0.15) is 19.7 Å². The van der Waals surface area contributed by atoms with Crippen LogP contribution < -0.4 is 11.1 Å². The van der Waals surface area contributed by atoms with Gasteiger partial charge in [0.15, 0.2) is 11.5 Å². The highest BCUT2D eigenvalue weighted by Gasteiger charge is 2.17. The molecule has 96 valence electrons. The molecule has 1 aromatic carbocycles. The van der Waals surface area contributed by atoms with Crippen molar-refractivity contribution in [2.24, 2.45) is 11.7 Å². The number of rotatable bonds is 3. The van der Waals surface area contributed by atoms with Crippen molar-refractivity contribution in [3.8, 4) is 0 Å². The first-order valence-corrected chi connectivity index (χ1v) is 5.91. The van der Waals surface area contributed by atoms with Gasteiger partial charge in [-0.05, 0) is 19.1 Å². The summed E-state index contributed by atoms with van der Waals surface area (Å²) in [4.78, 5) is 16.1. The summed E-state index contributed by atoms with van der Waals surface area (Å²) in [5, 5.41) is 2.82. The largest absolute Gasteiger partial charge is 0.441 e. The van der Waals surface area contributed by atoms with Crippen LogP contribution in [0.25, 0.3) is 11.1 Å². The number of nitrogens with two attached hydrogens (primary N) is 1. The molecule has 2 aromatic rings. The third kappa shape index (κ3) is 2.51. The van der Waals surface area contributed by atoms with E-state index in [0.29, 0.717) is 17.2 Å². The molecule has 1 aromatic heterocycles. The summed E-state index contributed by atoms with van der Waals surface area (Å²) < 4.78 is 5.41. The van der Waals surface area contributed by atoms with E-state index in [1.807, 2.05) is 13.0 Å². The number of hydrogen-bond acceptors (Lipinski definition) is 4. The summed E-state index contributed by atoms with van der Waals surface area (Å²) in [6.45, 7) is 5.40. The maximum atomic E-state index is 11.9. The molecule has 2 rings (SSSR count). The van der Waals surface area contributed by atoms with E-state index in [0.717, 1.165) is 5.52 Å². The molecule has 18 heavy (non-hydrogen) atoms. The third-order valence-electron chi connectivity index (χ3n) is 2.97. The monoisotopic (exact) mass is 247 g/mol. The highest BCUT2D eigenvalue weighted by molar-refractivity contribution is 5.94. The second kappa shape index (κ2) is 4.78. The van der Waals surface area contributed by atoms with Gasteiger partial charge in [-0.1, -0.05) is 6.92 Å². The fourth-order valence-electron chi connectivity index (χ4n) is 1.61. The molecule has 0 aliphatic heterocycles. The van der Waals surface area contributed by atoms with Crippen LogP contribution in [0.5, 0.6) is 0 Å². The Balaban J connectivity index is 2.19. The van der Waals surface area contributed by atoms with Gasteiger partial charge in [-0.2, -0.15) is 0 Å². The number of anilines is 1. The second-order valence-corrected chi connectivity index (χ2v) is 4.55. The number of oxazole rings is 1. The third-order valence-corrected chi connectivity index (χ3v) is 2.97. The molecule has 5 heteroatoms. The van der Waals surface area contributed by atoms with Gasteiger partial charge in [-0.3, -0.25) is 4.79 Å². The van der Waals surface area contributed by atoms with Crippen LogP contribution >= 0.6 is 0 Å². The molecule has 1 heterocycles. The van der Waals surface area contributed by atoms with Crippen molar-refractivity contribution in [2.45, 2.75) is 26.8 Å². The van der Waals surface area contributed by atoms with E-state index in [1.165, 1.54) is 0 Å². The molecule has 0 radical (unpaired) electrons. The molecule has 0 fully saturated rings. The molecular formula is C13H17N3O2. The van der Waals surface area contributed by atoms with Crippen molar-refractivity contribution < 1.29 is 9.21 Å². The van der Waals surface area contributed by atoms with E-state index in [4.69, 9.17) is 10.2 Å². The zero-order valence-corrected chi connectivity index (χ0v) is 10.7. The lowest BCUT2D eigenvalue weighted by molar-refractivity contribution is -0.119. The molecule has 5 nitrogen and oxygen atoms in total. The SMILES string of the molecule is Cc1nc2ccc(NC(=O)C(C)C(C)N)cc2o1. The van der Waals surface area contributed by atoms with Crippen LogP contribution in [0, 0.1) is 12.8 Å². The fraction of sp³-hybridized carbons (Fsp3) is 0.385. The maximum absolute atomic E-state index is 11.9. The first-order valence-electron chi connectivity index (χ1n) is 5.91. The van der Waals surface area contributed by atoms with E-state index < -0.39 is 0 Å². The summed E-state index contributed by atoms with van der Waals surface area (Å²) >= 11 is 0. The van der Waals surface area contributed by atoms with Crippen LogP contribution in [-0.4, -0.2) is 16.9 Å². The van der Waals surface area contributed by atoms with Crippen LogP contribution in [0.15, 0.2) is 22.6 Å². The molecule has 0 bridgehead atoms. The zero-order chi connectivity index (χ0) is 13.3. The predicted octanol–water partition coefficient (Wildman–Crippen LogP) is 2.06. The minimum atomic E-state index is -0.239. The molecule has 1 amide bonds. The molecular weight excluding hydrogens is 230 g/mol. The van der Waals surface area contributed by atoms with Gasteiger partial charge in [0, 0.05) is 24.7 Å². The van der Waals surface area contributed by atoms with E-state index >= 15 is 0 Å². The first kappa shape index (κ1) is 12.6. The number of fused-ring (bicyclic) bond motifs is 1. The smallest absolute Gasteiger partial charge is 0.228 e. The Kier molecular flexibility index (Phi) is 3.34. The minimum Gasteiger partial charge on any atom is -0.441 e. The van der Waals surface area contributed by atoms with Crippen molar-refractivity contribution in [1.82, 2.24) is 4.98 Å². The molecule has 0 spiro atoms. The Morgan fingerprint density at radius 2 is 2.17 bits per heavy atom. The molecule has 0 saturated carbocycles. The Labute approximate surface area is 105 Å². The highest BCUT2D eigenvalue weighted by Crippen LogP contribution is 2.20. The second-order valence-electron chi connectivity index (χ2n) is 4.55. The van der Waals surface area contributed by atoms with Crippen LogP contribution in [0.3, 0.4) is 0 Å². The molecule has 2 unspecified atom stereocenters. The van der Waals surface area contributed by atoms with Crippen molar-refractivity contribution in [1.29, 1.82) is 0 Å². The Morgan fingerprint density at radius 1 is 1.44 bits per heavy atom.